The lowest BCUT2D eigenvalue weighted by Crippen LogP contribution is -2.39. The van der Waals surface area contributed by atoms with Gasteiger partial charge in [0.15, 0.2) is 11.5 Å². The molecule has 0 heterocycles. The van der Waals surface area contributed by atoms with Crippen LogP contribution in [0.4, 0.5) is 5.69 Å². The Balaban J connectivity index is 1.60. The smallest absolute Gasteiger partial charge is 0.252 e. The molecule has 8 nitrogen and oxygen atoms in total. The number of benzene rings is 3. The lowest BCUT2D eigenvalue weighted by atomic mass is 9.94. The Morgan fingerprint density at radius 2 is 1.62 bits per heavy atom. The van der Waals surface area contributed by atoms with Crippen LogP contribution < -0.4 is 25.0 Å². The van der Waals surface area contributed by atoms with E-state index in [1.807, 2.05) is 24.3 Å². The van der Waals surface area contributed by atoms with E-state index in [1.54, 1.807) is 70.5 Å². The van der Waals surface area contributed by atoms with Crippen LogP contribution in [-0.2, 0) is 16.2 Å². The average molecular weight is 568 g/mol. The molecule has 9 heteroatoms. The van der Waals surface area contributed by atoms with Crippen molar-refractivity contribution in [2.75, 3.05) is 19.5 Å². The summed E-state index contributed by atoms with van der Waals surface area (Å²) < 4.78 is 17.5. The predicted octanol–water partition coefficient (Wildman–Crippen LogP) is 5.41. The third-order valence-corrected chi connectivity index (χ3v) is 6.00. The Bertz CT molecular complexity index is 1230. The summed E-state index contributed by atoms with van der Waals surface area (Å²) in [6.07, 6.45) is 1.48. The van der Waals surface area contributed by atoms with E-state index in [4.69, 9.17) is 14.2 Å². The zero-order valence-electron chi connectivity index (χ0n) is 21.2. The number of rotatable bonds is 11. The van der Waals surface area contributed by atoms with Crippen LogP contribution in [0.5, 0.6) is 17.2 Å². The molecule has 2 N–H and O–H groups in total. The second kappa shape index (κ2) is 13.5. The number of nitrogens with zero attached hydrogens (tertiary/aromatic N) is 1. The van der Waals surface area contributed by atoms with Crippen LogP contribution in [-0.4, -0.2) is 32.2 Å². The fourth-order valence-electron chi connectivity index (χ4n) is 3.48. The zero-order valence-corrected chi connectivity index (χ0v) is 22.7. The van der Waals surface area contributed by atoms with Crippen LogP contribution in [0.15, 0.2) is 76.3 Å². The van der Waals surface area contributed by atoms with Gasteiger partial charge in [-0.25, -0.2) is 5.43 Å². The predicted molar refractivity (Wildman–Crippen MR) is 147 cm³/mol. The molecule has 3 aromatic rings. The SMILES string of the molecule is COc1ccc(NC(=O)C(C(=O)NN=Cc2ccc(OCc3ccc(Br)cc3)c(OC)c2)C(C)C)cc1. The van der Waals surface area contributed by atoms with Crippen LogP contribution in [0.1, 0.15) is 25.0 Å². The summed E-state index contributed by atoms with van der Waals surface area (Å²) in [7, 11) is 3.12. The number of carbonyl (C=O) groups is 2. The maximum Gasteiger partial charge on any atom is 0.252 e. The molecular formula is C28H30BrN3O5. The van der Waals surface area contributed by atoms with Crippen LogP contribution in [0, 0.1) is 11.8 Å². The van der Waals surface area contributed by atoms with Crippen molar-refractivity contribution in [2.24, 2.45) is 16.9 Å². The monoisotopic (exact) mass is 567 g/mol. The zero-order chi connectivity index (χ0) is 26.8. The molecule has 0 aromatic heterocycles. The Kier molecular flexibility index (Phi) is 10.1. The highest BCUT2D eigenvalue weighted by molar-refractivity contribution is 9.10. The van der Waals surface area contributed by atoms with E-state index >= 15 is 0 Å². The molecular weight excluding hydrogens is 538 g/mol. The van der Waals surface area contributed by atoms with Crippen molar-refractivity contribution >= 4 is 39.6 Å². The largest absolute Gasteiger partial charge is 0.497 e. The van der Waals surface area contributed by atoms with Crippen LogP contribution in [0.2, 0.25) is 0 Å². The first kappa shape index (κ1) is 27.7. The first-order valence-electron chi connectivity index (χ1n) is 11.6. The number of halogens is 1. The number of hydrogen-bond acceptors (Lipinski definition) is 6. The van der Waals surface area contributed by atoms with E-state index < -0.39 is 17.7 Å². The normalized spacial score (nSPS) is 11.7. The van der Waals surface area contributed by atoms with Gasteiger partial charge in [0, 0.05) is 10.2 Å². The summed E-state index contributed by atoms with van der Waals surface area (Å²) >= 11 is 3.42. The molecule has 0 saturated carbocycles. The molecule has 0 aliphatic rings. The molecule has 0 aliphatic heterocycles. The number of anilines is 1. The van der Waals surface area contributed by atoms with E-state index in [-0.39, 0.29) is 5.92 Å². The van der Waals surface area contributed by atoms with Crippen LogP contribution >= 0.6 is 15.9 Å². The summed E-state index contributed by atoms with van der Waals surface area (Å²) in [5, 5.41) is 6.81. The van der Waals surface area contributed by atoms with E-state index in [9.17, 15) is 9.59 Å². The highest BCUT2D eigenvalue weighted by Crippen LogP contribution is 2.28. The molecule has 2 amide bonds. The summed E-state index contributed by atoms with van der Waals surface area (Å²) in [4.78, 5) is 25.6. The first-order chi connectivity index (χ1) is 17.8. The van der Waals surface area contributed by atoms with Gasteiger partial charge in [0.25, 0.3) is 5.91 Å². The Hall–Kier alpha value is -3.85. The van der Waals surface area contributed by atoms with Crippen molar-refractivity contribution in [3.63, 3.8) is 0 Å². The van der Waals surface area contributed by atoms with Gasteiger partial charge in [-0.1, -0.05) is 41.9 Å². The van der Waals surface area contributed by atoms with Crippen molar-refractivity contribution in [3.05, 3.63) is 82.3 Å². The molecule has 0 radical (unpaired) electrons. The quantitative estimate of drug-likeness (QED) is 0.183. The molecule has 3 aromatic carbocycles. The summed E-state index contributed by atoms with van der Waals surface area (Å²) in [5.74, 6) is -0.293. The summed E-state index contributed by atoms with van der Waals surface area (Å²) in [5.41, 5.74) is 4.76. The number of nitrogens with one attached hydrogen (secondary N) is 2. The van der Waals surface area contributed by atoms with Gasteiger partial charge < -0.3 is 19.5 Å². The minimum absolute atomic E-state index is 0.240. The fourth-order valence-corrected chi connectivity index (χ4v) is 3.75. The van der Waals surface area contributed by atoms with Crippen molar-refractivity contribution in [1.82, 2.24) is 5.43 Å². The van der Waals surface area contributed by atoms with Gasteiger partial charge in [-0.2, -0.15) is 5.10 Å². The summed E-state index contributed by atoms with van der Waals surface area (Å²) in [6.45, 7) is 4.00. The number of carbonyl (C=O) groups excluding carboxylic acids is 2. The molecule has 194 valence electrons. The minimum Gasteiger partial charge on any atom is -0.497 e. The molecule has 3 rings (SSSR count). The number of methoxy groups -OCH3 is 2. The van der Waals surface area contributed by atoms with Crippen LogP contribution in [0.25, 0.3) is 0 Å². The molecule has 0 fully saturated rings. The number of ether oxygens (including phenoxy) is 3. The molecule has 0 saturated heterocycles. The number of amides is 2. The lowest BCUT2D eigenvalue weighted by Gasteiger charge is -2.18. The lowest BCUT2D eigenvalue weighted by molar-refractivity contribution is -0.134. The van der Waals surface area contributed by atoms with Gasteiger partial charge in [0.1, 0.15) is 18.3 Å². The second-order valence-electron chi connectivity index (χ2n) is 8.50. The molecule has 1 atom stereocenters. The van der Waals surface area contributed by atoms with Gasteiger partial charge >= 0.3 is 0 Å². The second-order valence-corrected chi connectivity index (χ2v) is 9.41. The van der Waals surface area contributed by atoms with Crippen molar-refractivity contribution in [3.8, 4) is 17.2 Å². The minimum atomic E-state index is -0.928. The summed E-state index contributed by atoms with van der Waals surface area (Å²) in [6, 6.07) is 20.1. The Morgan fingerprint density at radius 3 is 2.24 bits per heavy atom. The fraction of sp³-hybridized carbons (Fsp3) is 0.250. The number of hydrogen-bond donors (Lipinski definition) is 2. The first-order valence-corrected chi connectivity index (χ1v) is 12.4. The van der Waals surface area contributed by atoms with Gasteiger partial charge in [0.05, 0.1) is 20.4 Å². The van der Waals surface area contributed by atoms with E-state index in [1.165, 1.54) is 6.21 Å². The van der Waals surface area contributed by atoms with E-state index in [2.05, 4.69) is 31.8 Å². The third-order valence-electron chi connectivity index (χ3n) is 5.47. The standard InChI is InChI=1S/C28H30BrN3O5/c1-18(2)26(27(33)31-22-10-12-23(35-3)13-11-22)28(34)32-30-16-20-7-14-24(25(15-20)36-4)37-17-19-5-8-21(29)9-6-19/h5-16,18,26H,17H2,1-4H3,(H,31,33)(H,32,34). The molecule has 1 unspecified atom stereocenters. The average Bonchev–Trinajstić information content (AvgIpc) is 2.89. The van der Waals surface area contributed by atoms with Gasteiger partial charge in [0.2, 0.25) is 5.91 Å². The van der Waals surface area contributed by atoms with E-state index in [0.717, 1.165) is 10.0 Å². The van der Waals surface area contributed by atoms with Gasteiger partial charge in [-0.15, -0.1) is 0 Å². The maximum atomic E-state index is 12.8. The Labute approximate surface area is 225 Å². The molecule has 0 aliphatic carbocycles. The third kappa shape index (κ3) is 8.08. The maximum absolute atomic E-state index is 12.8. The van der Waals surface area contributed by atoms with Crippen molar-refractivity contribution < 1.29 is 23.8 Å². The Morgan fingerprint density at radius 1 is 0.919 bits per heavy atom. The van der Waals surface area contributed by atoms with E-state index in [0.29, 0.717) is 35.1 Å². The number of hydrazone groups is 1. The van der Waals surface area contributed by atoms with Crippen LogP contribution in [0.3, 0.4) is 0 Å². The molecule has 37 heavy (non-hydrogen) atoms. The molecule has 0 spiro atoms. The van der Waals surface area contributed by atoms with Crippen molar-refractivity contribution in [1.29, 1.82) is 0 Å². The molecule has 0 bridgehead atoms. The highest BCUT2D eigenvalue weighted by Gasteiger charge is 2.30. The van der Waals surface area contributed by atoms with Crippen molar-refractivity contribution in [2.45, 2.75) is 20.5 Å². The van der Waals surface area contributed by atoms with Gasteiger partial charge in [-0.3, -0.25) is 9.59 Å². The topological polar surface area (TPSA) is 98.2 Å². The highest BCUT2D eigenvalue weighted by atomic mass is 79.9. The van der Waals surface area contributed by atoms with Gasteiger partial charge in [-0.05, 0) is 71.6 Å².